The Kier molecular flexibility index (Phi) is 4.89. The molecule has 3 fully saturated rings. The molecule has 3 aliphatic rings. The van der Waals surface area contributed by atoms with Crippen LogP contribution >= 0.6 is 11.6 Å². The second-order valence-electron chi connectivity index (χ2n) is 9.65. The quantitative estimate of drug-likeness (QED) is 0.486. The zero-order chi connectivity index (χ0) is 24.4. The second kappa shape index (κ2) is 7.77. The summed E-state index contributed by atoms with van der Waals surface area (Å²) in [7, 11) is 0. The summed E-state index contributed by atoms with van der Waals surface area (Å²) in [6.45, 7) is 2.24. The number of amides is 2. The van der Waals surface area contributed by atoms with Crippen LogP contribution in [-0.2, 0) is 14.3 Å². The Morgan fingerprint density at radius 3 is 2.63 bits per heavy atom. The van der Waals surface area contributed by atoms with Crippen LogP contribution in [0.5, 0.6) is 5.88 Å². The van der Waals surface area contributed by atoms with Crippen molar-refractivity contribution in [3.05, 3.63) is 65.3 Å². The Labute approximate surface area is 207 Å². The van der Waals surface area contributed by atoms with Gasteiger partial charge in [0.05, 0.1) is 52.0 Å². The van der Waals surface area contributed by atoms with Crippen molar-refractivity contribution in [2.24, 2.45) is 11.8 Å². The van der Waals surface area contributed by atoms with E-state index in [1.807, 2.05) is 31.2 Å². The highest BCUT2D eigenvalue weighted by Gasteiger charge is 2.73. The van der Waals surface area contributed by atoms with Crippen LogP contribution < -0.4 is 9.64 Å². The molecule has 0 spiro atoms. The predicted molar refractivity (Wildman–Crippen MR) is 129 cm³/mol. The molecule has 3 unspecified atom stereocenters. The first-order valence-corrected chi connectivity index (χ1v) is 12.0. The molecule has 3 aliphatic heterocycles. The highest BCUT2D eigenvalue weighted by atomic mass is 35.5. The van der Waals surface area contributed by atoms with Crippen molar-refractivity contribution in [1.29, 1.82) is 5.26 Å². The maximum atomic E-state index is 13.9. The summed E-state index contributed by atoms with van der Waals surface area (Å²) in [5.41, 5.74) is -0.449. The van der Waals surface area contributed by atoms with Gasteiger partial charge in [0.15, 0.2) is 0 Å². The fourth-order valence-corrected chi connectivity index (χ4v) is 6.31. The number of pyridine rings is 1. The van der Waals surface area contributed by atoms with Crippen LogP contribution in [0.1, 0.15) is 31.7 Å². The lowest BCUT2D eigenvalue weighted by Gasteiger charge is -2.31. The molecule has 3 aromatic rings. The SMILES string of the molecule is CC12CCC(CCOc3ccc(Cl)cn3)(O1)[C@H]1C(=O)N(c3ccc(C#N)c4ccccc34)C(=O)C12. The molecular weight excluding hydrogens is 466 g/mol. The monoisotopic (exact) mass is 487 g/mol. The molecule has 0 N–H and O–H groups in total. The Morgan fingerprint density at radius 1 is 1.11 bits per heavy atom. The Bertz CT molecular complexity index is 1420. The van der Waals surface area contributed by atoms with Crippen molar-refractivity contribution in [3.8, 4) is 11.9 Å². The highest BCUT2D eigenvalue weighted by Crippen LogP contribution is 2.62. The third kappa shape index (κ3) is 3.17. The average Bonchev–Trinajstić information content (AvgIpc) is 3.44. The minimum atomic E-state index is -0.768. The summed E-state index contributed by atoms with van der Waals surface area (Å²) in [4.78, 5) is 33.1. The molecule has 176 valence electrons. The molecule has 2 bridgehead atoms. The molecule has 8 heteroatoms. The number of anilines is 1. The van der Waals surface area contributed by atoms with Gasteiger partial charge in [0.2, 0.25) is 17.7 Å². The first kappa shape index (κ1) is 22.0. The van der Waals surface area contributed by atoms with E-state index in [1.165, 1.54) is 11.1 Å². The fourth-order valence-electron chi connectivity index (χ4n) is 6.20. The van der Waals surface area contributed by atoms with Gasteiger partial charge in [-0.15, -0.1) is 0 Å². The summed E-state index contributed by atoms with van der Waals surface area (Å²) in [5.74, 6) is -1.17. The van der Waals surface area contributed by atoms with Gasteiger partial charge in [-0.2, -0.15) is 5.26 Å². The van der Waals surface area contributed by atoms with Crippen molar-refractivity contribution in [2.75, 3.05) is 11.5 Å². The van der Waals surface area contributed by atoms with Crippen LogP contribution in [0.3, 0.4) is 0 Å². The van der Waals surface area contributed by atoms with E-state index < -0.39 is 23.0 Å². The Balaban J connectivity index is 1.33. The normalized spacial score (nSPS) is 29.0. The summed E-state index contributed by atoms with van der Waals surface area (Å²) >= 11 is 5.89. The van der Waals surface area contributed by atoms with Gasteiger partial charge in [0, 0.05) is 29.5 Å². The van der Waals surface area contributed by atoms with Crippen LogP contribution in [0, 0.1) is 23.2 Å². The third-order valence-corrected chi connectivity index (χ3v) is 7.97. The molecule has 1 aromatic heterocycles. The molecule has 4 heterocycles. The van der Waals surface area contributed by atoms with Crippen molar-refractivity contribution < 1.29 is 19.1 Å². The van der Waals surface area contributed by atoms with Gasteiger partial charge in [0.1, 0.15) is 0 Å². The smallest absolute Gasteiger partial charge is 0.240 e. The molecule has 6 rings (SSSR count). The van der Waals surface area contributed by atoms with Gasteiger partial charge in [-0.25, -0.2) is 9.88 Å². The van der Waals surface area contributed by atoms with E-state index in [9.17, 15) is 14.9 Å². The fraction of sp³-hybridized carbons (Fsp3) is 0.333. The summed E-state index contributed by atoms with van der Waals surface area (Å²) in [6.07, 6.45) is 3.37. The number of halogens is 1. The third-order valence-electron chi connectivity index (χ3n) is 7.75. The Morgan fingerprint density at radius 2 is 1.89 bits per heavy atom. The summed E-state index contributed by atoms with van der Waals surface area (Å²) in [6, 6.07) is 16.3. The molecule has 35 heavy (non-hydrogen) atoms. The average molecular weight is 488 g/mol. The standard InChI is InChI=1S/C27H22ClN3O4/c1-26-10-11-27(35-26,12-13-34-21-9-7-17(28)15-30-21)23-22(26)24(32)31(25(23)33)20-8-6-16(14-29)18-4-2-3-5-19(18)20/h2-9,15,22-23H,10-13H2,1H3/t22?,23-,26?,27?/m1/s1. The molecule has 2 amide bonds. The molecule has 2 aromatic carbocycles. The maximum absolute atomic E-state index is 13.9. The lowest BCUT2D eigenvalue weighted by molar-refractivity contribution is -0.131. The summed E-state index contributed by atoms with van der Waals surface area (Å²) in [5, 5.41) is 11.5. The van der Waals surface area contributed by atoms with E-state index in [0.717, 1.165) is 0 Å². The highest BCUT2D eigenvalue weighted by molar-refractivity contribution is 6.30. The zero-order valence-corrected chi connectivity index (χ0v) is 19.8. The molecule has 0 aliphatic carbocycles. The number of rotatable bonds is 5. The zero-order valence-electron chi connectivity index (χ0n) is 19.0. The summed E-state index contributed by atoms with van der Waals surface area (Å²) < 4.78 is 12.3. The number of carbonyl (C=O) groups excluding carboxylic acids is 2. The van der Waals surface area contributed by atoms with Gasteiger partial charge in [-0.1, -0.05) is 35.9 Å². The van der Waals surface area contributed by atoms with Crippen molar-refractivity contribution in [1.82, 2.24) is 4.98 Å². The molecule has 3 saturated heterocycles. The topological polar surface area (TPSA) is 92.5 Å². The lowest BCUT2D eigenvalue weighted by Crippen LogP contribution is -2.43. The van der Waals surface area contributed by atoms with Crippen LogP contribution in [-0.4, -0.2) is 34.6 Å². The van der Waals surface area contributed by atoms with Gasteiger partial charge in [0.25, 0.3) is 0 Å². The number of ether oxygens (including phenoxy) is 2. The first-order chi connectivity index (χ1) is 16.9. The largest absolute Gasteiger partial charge is 0.478 e. The molecule has 4 atom stereocenters. The van der Waals surface area contributed by atoms with Crippen molar-refractivity contribution in [3.63, 3.8) is 0 Å². The van der Waals surface area contributed by atoms with Crippen LogP contribution in [0.4, 0.5) is 5.69 Å². The number of fused-ring (bicyclic) bond motifs is 6. The maximum Gasteiger partial charge on any atom is 0.240 e. The first-order valence-electron chi connectivity index (χ1n) is 11.6. The van der Waals surface area contributed by atoms with Gasteiger partial charge in [-0.3, -0.25) is 9.59 Å². The number of hydrogen-bond donors (Lipinski definition) is 0. The molecule has 7 nitrogen and oxygen atoms in total. The number of benzene rings is 2. The molecule has 0 radical (unpaired) electrons. The Hall–Kier alpha value is -3.47. The van der Waals surface area contributed by atoms with Gasteiger partial charge in [-0.05, 0) is 38.0 Å². The van der Waals surface area contributed by atoms with E-state index in [2.05, 4.69) is 11.1 Å². The minimum absolute atomic E-state index is 0.237. The number of nitrogens with zero attached hydrogens (tertiary/aromatic N) is 3. The van der Waals surface area contributed by atoms with E-state index in [4.69, 9.17) is 21.1 Å². The van der Waals surface area contributed by atoms with Crippen LogP contribution in [0.25, 0.3) is 10.8 Å². The molecular formula is C27H22ClN3O4. The number of hydrogen-bond acceptors (Lipinski definition) is 6. The van der Waals surface area contributed by atoms with E-state index in [-0.39, 0.29) is 11.8 Å². The number of aromatic nitrogens is 1. The molecule has 0 saturated carbocycles. The van der Waals surface area contributed by atoms with Crippen molar-refractivity contribution in [2.45, 2.75) is 37.4 Å². The van der Waals surface area contributed by atoms with E-state index >= 15 is 0 Å². The van der Waals surface area contributed by atoms with E-state index in [0.29, 0.717) is 58.8 Å². The number of imide groups is 1. The van der Waals surface area contributed by atoms with Crippen LogP contribution in [0.15, 0.2) is 54.7 Å². The van der Waals surface area contributed by atoms with Crippen LogP contribution in [0.2, 0.25) is 5.02 Å². The second-order valence-corrected chi connectivity index (χ2v) is 10.1. The van der Waals surface area contributed by atoms with E-state index in [1.54, 1.807) is 24.3 Å². The number of carbonyl (C=O) groups is 2. The number of nitriles is 1. The minimum Gasteiger partial charge on any atom is -0.478 e. The van der Waals surface area contributed by atoms with Gasteiger partial charge < -0.3 is 9.47 Å². The van der Waals surface area contributed by atoms with Gasteiger partial charge >= 0.3 is 0 Å². The lowest BCUT2D eigenvalue weighted by atomic mass is 9.67. The predicted octanol–water partition coefficient (Wildman–Crippen LogP) is 4.66. The van der Waals surface area contributed by atoms with Crippen molar-refractivity contribution >= 4 is 39.9 Å².